The summed E-state index contributed by atoms with van der Waals surface area (Å²) in [5, 5.41) is 21.0. The molecule has 17 rings (SSSR count). The molecule has 0 bridgehead atoms. The molecule has 1 nitrogen and oxygen atoms in total. The minimum absolute atomic E-state index is 0. The molecule has 548 valence electrons. The largest absolute Gasteiger partial charge is 0.381 e. The van der Waals surface area contributed by atoms with Gasteiger partial charge in [0.15, 0.2) is 0 Å². The van der Waals surface area contributed by atoms with Gasteiger partial charge in [-0.1, -0.05) is 485 Å². The van der Waals surface area contributed by atoms with Crippen LogP contribution in [-0.4, -0.2) is 13.2 Å². The van der Waals surface area contributed by atoms with Crippen LogP contribution in [0, 0.1) is 0 Å². The number of halogens is 1. The maximum absolute atomic E-state index is 5.53. The van der Waals surface area contributed by atoms with Crippen LogP contribution in [0.4, 0.5) is 0 Å². The van der Waals surface area contributed by atoms with Crippen LogP contribution < -0.4 is 79.6 Å². The van der Waals surface area contributed by atoms with E-state index in [4.69, 9.17) is 16.3 Å². The summed E-state index contributed by atoms with van der Waals surface area (Å²) in [6.45, 7) is 2.00. The Morgan fingerprint density at radius 1 is 0.164 bits per heavy atom. The van der Waals surface area contributed by atoms with Gasteiger partial charge in [0.25, 0.3) is 0 Å². The Labute approximate surface area is 691 Å². The molecule has 0 aliphatic carbocycles. The summed E-state index contributed by atoms with van der Waals surface area (Å²) in [4.78, 5) is 0. The van der Waals surface area contributed by atoms with Crippen molar-refractivity contribution in [1.82, 2.24) is 0 Å². The predicted octanol–water partition coefficient (Wildman–Crippen LogP) is 20.4. The van der Waals surface area contributed by atoms with Gasteiger partial charge >= 0.3 is 0 Å². The summed E-state index contributed by atoms with van der Waals surface area (Å²) in [6, 6.07) is 172. The maximum atomic E-state index is 5.53. The van der Waals surface area contributed by atoms with E-state index < -0.39 is 39.6 Å². The topological polar surface area (TPSA) is 9.23 Å². The Kier molecular flexibility index (Phi) is 38.8. The Morgan fingerprint density at radius 2 is 0.264 bits per heavy atom. The molecule has 1 heterocycles. The predicted molar refractivity (Wildman–Crippen MR) is 482 cm³/mol. The van der Waals surface area contributed by atoms with Crippen LogP contribution in [0.25, 0.3) is 0 Å². The van der Waals surface area contributed by atoms with Crippen molar-refractivity contribution in [2.75, 3.05) is 13.2 Å². The van der Waals surface area contributed by atoms with Gasteiger partial charge in [-0.25, -0.2) is 0 Å². The first-order chi connectivity index (χ1) is 53.7. The van der Waals surface area contributed by atoms with Crippen molar-refractivity contribution < 1.29 is 43.7 Å². The van der Waals surface area contributed by atoms with Gasteiger partial charge in [0.05, 0.1) is 0 Å². The van der Waals surface area contributed by atoms with E-state index in [0.29, 0.717) is 5.88 Å². The molecule has 0 spiro atoms. The van der Waals surface area contributed by atoms with Gasteiger partial charge < -0.3 is 4.74 Å². The number of benzene rings is 16. The summed E-state index contributed by atoms with van der Waals surface area (Å²) in [6.07, 6.45) is 2.56. The standard InChI is InChI=1S/5C18H15P.C7H7Cl.C4H8O.2Ru/c5*1-4-10-16(11-5-1)19(17-12-6-2-7-13-17)18-14-8-3-9-15-18;8-6-7-4-2-1-3-5-7;1-2-4-5-3-1;;/h5*1-15H;1-5H,6H2;1-4H2;;. The third kappa shape index (κ3) is 27.6. The van der Waals surface area contributed by atoms with Gasteiger partial charge in [0, 0.05) is 58.0 Å². The molecule has 0 saturated carbocycles. The molecule has 1 aliphatic heterocycles. The second-order valence-corrected chi connectivity index (χ2v) is 36.0. The van der Waals surface area contributed by atoms with Gasteiger partial charge in [-0.2, -0.15) is 0 Å². The van der Waals surface area contributed by atoms with Crippen molar-refractivity contribution >= 4 is 131 Å². The fourth-order valence-electron chi connectivity index (χ4n) is 12.0. The van der Waals surface area contributed by atoms with E-state index in [-0.39, 0.29) is 39.0 Å². The SMILES string of the molecule is C1CCOC1.ClCc1ccccc1.[Ru].[Ru].c1ccc(P(c2ccccc2)c2ccccc2)cc1.c1ccc(P(c2ccccc2)c2ccccc2)cc1.c1ccc(P(c2ccccc2)c2ccccc2)cc1.c1ccc(P(c2ccccc2)c2ccccc2)cc1.c1ccc(P(c2ccccc2)c2ccccc2)cc1. The van der Waals surface area contributed by atoms with Crippen LogP contribution in [0.2, 0.25) is 0 Å². The molecular formula is C101H90ClOP5Ru2. The summed E-state index contributed by atoms with van der Waals surface area (Å²) >= 11 is 5.53. The van der Waals surface area contributed by atoms with E-state index in [2.05, 4.69) is 455 Å². The van der Waals surface area contributed by atoms with Crippen molar-refractivity contribution in [3.63, 3.8) is 0 Å². The van der Waals surface area contributed by atoms with E-state index in [0.717, 1.165) is 13.2 Å². The molecule has 1 saturated heterocycles. The molecule has 1 fully saturated rings. The van der Waals surface area contributed by atoms with Crippen LogP contribution in [0.15, 0.2) is 485 Å². The molecule has 110 heavy (non-hydrogen) atoms. The Hall–Kier alpha value is -8.83. The van der Waals surface area contributed by atoms with E-state index in [9.17, 15) is 0 Å². The Morgan fingerprint density at radius 3 is 0.336 bits per heavy atom. The van der Waals surface area contributed by atoms with Gasteiger partial charge in [0.1, 0.15) is 0 Å². The molecule has 0 atom stereocenters. The van der Waals surface area contributed by atoms with Crippen LogP contribution in [-0.2, 0) is 49.6 Å². The van der Waals surface area contributed by atoms with Crippen molar-refractivity contribution in [2.45, 2.75) is 18.7 Å². The van der Waals surface area contributed by atoms with Crippen LogP contribution >= 0.6 is 51.2 Å². The molecule has 0 unspecified atom stereocenters. The monoisotopic (exact) mass is 1710 g/mol. The average molecular weight is 1710 g/mol. The summed E-state index contributed by atoms with van der Waals surface area (Å²) in [5.74, 6) is 0.612. The average Bonchev–Trinajstić information content (AvgIpc) is 1.07. The normalized spacial score (nSPS) is 10.9. The van der Waals surface area contributed by atoms with E-state index in [1.165, 1.54) is 98.0 Å². The zero-order chi connectivity index (χ0) is 73.9. The molecule has 1 aliphatic rings. The summed E-state index contributed by atoms with van der Waals surface area (Å²) in [5.41, 5.74) is 1.18. The Balaban J connectivity index is 0.000000151. The summed E-state index contributed by atoms with van der Waals surface area (Å²) in [7, 11) is -2.23. The fraction of sp³-hybridized carbons (Fsp3) is 0.0495. The molecule has 16 aromatic rings. The van der Waals surface area contributed by atoms with Crippen LogP contribution in [0.3, 0.4) is 0 Å². The zero-order valence-electron chi connectivity index (χ0n) is 61.5. The molecule has 0 radical (unpaired) electrons. The number of rotatable bonds is 16. The molecule has 0 N–H and O–H groups in total. The summed E-state index contributed by atoms with van der Waals surface area (Å²) < 4.78 is 4.94. The van der Waals surface area contributed by atoms with E-state index >= 15 is 0 Å². The smallest absolute Gasteiger partial charge is 0.0474 e. The molecule has 0 amide bonds. The Bertz CT molecular complexity index is 3780. The first-order valence-electron chi connectivity index (χ1n) is 36.6. The molecule has 16 aromatic carbocycles. The number of alkyl halides is 1. The first-order valence-corrected chi connectivity index (χ1v) is 43.9. The molecule has 0 aromatic heterocycles. The first kappa shape index (κ1) is 85.2. The van der Waals surface area contributed by atoms with E-state index in [1.54, 1.807) is 0 Å². The minimum atomic E-state index is -0.446. The van der Waals surface area contributed by atoms with Gasteiger partial charge in [0.2, 0.25) is 0 Å². The van der Waals surface area contributed by atoms with Crippen molar-refractivity contribution in [3.05, 3.63) is 491 Å². The maximum Gasteiger partial charge on any atom is 0.0474 e. The second kappa shape index (κ2) is 50.1. The van der Waals surface area contributed by atoms with Crippen LogP contribution in [0.1, 0.15) is 18.4 Å². The molecule has 9 heteroatoms. The van der Waals surface area contributed by atoms with Crippen molar-refractivity contribution in [2.24, 2.45) is 0 Å². The number of hydrogen-bond donors (Lipinski definition) is 0. The minimum Gasteiger partial charge on any atom is -0.381 e. The fourth-order valence-corrected chi connectivity index (χ4v) is 23.7. The second-order valence-electron chi connectivity index (χ2n) is 24.6. The third-order valence-electron chi connectivity index (χ3n) is 17.0. The third-order valence-corrected chi connectivity index (χ3v) is 29.6. The van der Waals surface area contributed by atoms with Gasteiger partial charge in [-0.15, -0.1) is 11.6 Å². The van der Waals surface area contributed by atoms with Gasteiger partial charge in [-0.05, 0) is 138 Å². The zero-order valence-corrected chi connectivity index (χ0v) is 70.2. The van der Waals surface area contributed by atoms with Crippen molar-refractivity contribution in [1.29, 1.82) is 0 Å². The number of hydrogen-bond acceptors (Lipinski definition) is 1. The van der Waals surface area contributed by atoms with Crippen molar-refractivity contribution in [3.8, 4) is 0 Å². The molecular weight excluding hydrogens is 1620 g/mol. The number of ether oxygens (including phenoxy) is 1. The van der Waals surface area contributed by atoms with Gasteiger partial charge in [-0.3, -0.25) is 0 Å². The van der Waals surface area contributed by atoms with Crippen LogP contribution in [0.5, 0.6) is 0 Å². The van der Waals surface area contributed by atoms with E-state index in [1.807, 2.05) is 30.3 Å². The quantitative estimate of drug-likeness (QED) is 0.0532.